The lowest BCUT2D eigenvalue weighted by Crippen LogP contribution is -2.71. The van der Waals surface area contributed by atoms with Crippen LogP contribution in [0, 0.1) is 50.7 Å². The molecule has 0 amide bonds. The molecule has 4 fully saturated rings. The lowest BCUT2D eigenvalue weighted by molar-refractivity contribution is -0.252. The van der Waals surface area contributed by atoms with E-state index in [1.165, 1.54) is 7.11 Å². The molecule has 4 N–H and O–H groups in total. The fraction of sp³-hybridized carbons (Fsp3) is 0.871. The topological polar surface area (TPSA) is 124 Å². The van der Waals surface area contributed by atoms with Gasteiger partial charge in [0.25, 0.3) is 0 Å². The molecule has 7 nitrogen and oxygen atoms in total. The maximum atomic E-state index is 13.1. The number of allylic oxidation sites excluding steroid dienone is 1. The molecule has 38 heavy (non-hydrogen) atoms. The number of methoxy groups -OCH3 is 1. The number of carboxylic acids is 1. The third kappa shape index (κ3) is 3.07. The first-order chi connectivity index (χ1) is 17.5. The molecular formula is C31H48O7. The highest BCUT2D eigenvalue weighted by atomic mass is 16.5. The van der Waals surface area contributed by atoms with E-state index in [0.717, 1.165) is 5.57 Å². The van der Waals surface area contributed by atoms with E-state index < -0.39 is 63.2 Å². The Bertz CT molecular complexity index is 1070. The van der Waals surface area contributed by atoms with Gasteiger partial charge >= 0.3 is 11.9 Å². The number of carbonyl (C=O) groups excluding carboxylic acids is 1. The van der Waals surface area contributed by atoms with Gasteiger partial charge < -0.3 is 25.2 Å². The summed E-state index contributed by atoms with van der Waals surface area (Å²) in [6.45, 7) is 12.3. The van der Waals surface area contributed by atoms with Gasteiger partial charge in [-0.05, 0) is 93.3 Å². The van der Waals surface area contributed by atoms with Crippen LogP contribution in [-0.2, 0) is 14.3 Å². The molecule has 0 spiro atoms. The highest BCUT2D eigenvalue weighted by Crippen LogP contribution is 2.76. The number of aliphatic carboxylic acids is 1. The number of ether oxygens (including phenoxy) is 1. The van der Waals surface area contributed by atoms with Crippen LogP contribution in [0.15, 0.2) is 11.6 Å². The van der Waals surface area contributed by atoms with E-state index in [0.29, 0.717) is 51.4 Å². The number of carbonyl (C=O) groups is 2. The summed E-state index contributed by atoms with van der Waals surface area (Å²) in [4.78, 5) is 26.0. The number of fused-ring (bicyclic) bond motifs is 7. The molecule has 0 aromatic carbocycles. The SMILES string of the molecule is COC(=O)[C@@]1(C)[C@@H]2[C@H](O)C[C@]3(C)[C@H](CC=C4[C@H]5[C@](C(=O)O)(CC[C@@H](C)[C@@]5(C)O)CC[C@]43C)[C@@]2(C)CC[C@@H]1O. The van der Waals surface area contributed by atoms with Gasteiger partial charge in [0.1, 0.15) is 0 Å². The predicted octanol–water partition coefficient (Wildman–Crippen LogP) is 4.33. The molecule has 0 radical (unpaired) electrons. The van der Waals surface area contributed by atoms with Gasteiger partial charge in [-0.25, -0.2) is 0 Å². The molecule has 214 valence electrons. The van der Waals surface area contributed by atoms with Gasteiger partial charge in [-0.3, -0.25) is 9.59 Å². The molecule has 0 unspecified atom stereocenters. The van der Waals surface area contributed by atoms with Gasteiger partial charge in [-0.15, -0.1) is 0 Å². The van der Waals surface area contributed by atoms with Crippen molar-refractivity contribution in [2.45, 2.75) is 111 Å². The molecule has 0 bridgehead atoms. The molecule has 0 aromatic heterocycles. The molecular weight excluding hydrogens is 484 g/mol. The van der Waals surface area contributed by atoms with Crippen molar-refractivity contribution in [3.63, 3.8) is 0 Å². The molecule has 0 heterocycles. The first-order valence-electron chi connectivity index (χ1n) is 14.6. The maximum Gasteiger partial charge on any atom is 0.314 e. The van der Waals surface area contributed by atoms with Crippen molar-refractivity contribution in [1.29, 1.82) is 0 Å². The Hall–Kier alpha value is -1.44. The third-order valence-corrected chi connectivity index (χ3v) is 13.7. The van der Waals surface area contributed by atoms with Crippen LogP contribution in [0.5, 0.6) is 0 Å². The summed E-state index contributed by atoms with van der Waals surface area (Å²) >= 11 is 0. The van der Waals surface area contributed by atoms with Crippen molar-refractivity contribution in [1.82, 2.24) is 0 Å². The van der Waals surface area contributed by atoms with E-state index in [1.54, 1.807) is 6.92 Å². The normalized spacial score (nSPS) is 55.9. The monoisotopic (exact) mass is 532 g/mol. The van der Waals surface area contributed by atoms with Crippen LogP contribution in [0.4, 0.5) is 0 Å². The van der Waals surface area contributed by atoms with E-state index in [1.807, 2.05) is 13.8 Å². The molecule has 0 aliphatic heterocycles. The summed E-state index contributed by atoms with van der Waals surface area (Å²) in [6.07, 6.45) is 5.27. The summed E-state index contributed by atoms with van der Waals surface area (Å²) in [7, 11) is 1.34. The molecule has 0 aromatic rings. The Morgan fingerprint density at radius 2 is 1.66 bits per heavy atom. The Morgan fingerprint density at radius 1 is 1.00 bits per heavy atom. The second-order valence-corrected chi connectivity index (χ2v) is 14.8. The summed E-state index contributed by atoms with van der Waals surface area (Å²) in [5.74, 6) is -2.12. The minimum Gasteiger partial charge on any atom is -0.481 e. The van der Waals surface area contributed by atoms with E-state index in [9.17, 15) is 30.0 Å². The molecule has 5 aliphatic carbocycles. The van der Waals surface area contributed by atoms with Gasteiger partial charge in [0.05, 0.1) is 35.7 Å². The van der Waals surface area contributed by atoms with Gasteiger partial charge in [-0.1, -0.05) is 39.3 Å². The quantitative estimate of drug-likeness (QED) is 0.308. The van der Waals surface area contributed by atoms with Crippen LogP contribution >= 0.6 is 0 Å². The van der Waals surface area contributed by atoms with Crippen LogP contribution in [0.3, 0.4) is 0 Å². The Balaban J connectivity index is 1.67. The highest BCUT2D eigenvalue weighted by Gasteiger charge is 2.74. The van der Waals surface area contributed by atoms with Crippen molar-refractivity contribution >= 4 is 11.9 Å². The highest BCUT2D eigenvalue weighted by molar-refractivity contribution is 5.78. The minimum atomic E-state index is -1.21. The fourth-order valence-corrected chi connectivity index (χ4v) is 11.2. The van der Waals surface area contributed by atoms with Crippen LogP contribution in [0.25, 0.3) is 0 Å². The minimum absolute atomic E-state index is 0.0202. The number of hydrogen-bond donors (Lipinski definition) is 4. The smallest absolute Gasteiger partial charge is 0.314 e. The van der Waals surface area contributed by atoms with E-state index in [2.05, 4.69) is 26.8 Å². The first-order valence-corrected chi connectivity index (χ1v) is 14.6. The number of rotatable bonds is 2. The van der Waals surface area contributed by atoms with E-state index in [4.69, 9.17) is 4.74 Å². The standard InChI is InChI=1S/C31H48O7/c1-17-10-13-31(24(34)35)15-14-27(3)18(22(31)30(17,6)37)8-9-20-26(2)12-11-21(33)29(5,25(36)38-7)23(26)19(32)16-28(20,27)4/h8,17,19-23,32-33,37H,9-16H2,1-7H3,(H,34,35)/t17-,19-,20-,21+,22-,23-,26-,27-,28-,29-,30-,31+/m1/s1. The fourth-order valence-electron chi connectivity index (χ4n) is 11.2. The second kappa shape index (κ2) is 8.29. The molecule has 4 saturated carbocycles. The van der Waals surface area contributed by atoms with Crippen molar-refractivity contribution in [2.24, 2.45) is 50.7 Å². The van der Waals surface area contributed by atoms with Crippen LogP contribution in [-0.4, -0.2) is 57.3 Å². The number of esters is 1. The number of hydrogen-bond acceptors (Lipinski definition) is 6. The lowest BCUT2D eigenvalue weighted by Gasteiger charge is -2.72. The second-order valence-electron chi connectivity index (χ2n) is 14.8. The number of carboxylic acid groups (broad SMARTS) is 1. The van der Waals surface area contributed by atoms with Gasteiger partial charge in [-0.2, -0.15) is 0 Å². The number of aliphatic hydroxyl groups excluding tert-OH is 2. The van der Waals surface area contributed by atoms with Crippen LogP contribution in [0.1, 0.15) is 92.9 Å². The van der Waals surface area contributed by atoms with E-state index >= 15 is 0 Å². The van der Waals surface area contributed by atoms with Gasteiger partial charge in [0.15, 0.2) is 0 Å². The van der Waals surface area contributed by atoms with Crippen LogP contribution < -0.4 is 0 Å². The molecule has 7 heteroatoms. The van der Waals surface area contributed by atoms with Crippen LogP contribution in [0.2, 0.25) is 0 Å². The molecule has 5 rings (SSSR count). The van der Waals surface area contributed by atoms with Gasteiger partial charge in [0, 0.05) is 11.8 Å². The molecule has 0 saturated heterocycles. The van der Waals surface area contributed by atoms with Gasteiger partial charge in [0.2, 0.25) is 0 Å². The zero-order valence-corrected chi connectivity index (χ0v) is 24.2. The average molecular weight is 533 g/mol. The zero-order valence-electron chi connectivity index (χ0n) is 24.2. The predicted molar refractivity (Wildman–Crippen MR) is 142 cm³/mol. The zero-order chi connectivity index (χ0) is 28.3. The number of aliphatic hydroxyl groups is 3. The average Bonchev–Trinajstić information content (AvgIpc) is 2.83. The van der Waals surface area contributed by atoms with Crippen molar-refractivity contribution in [2.75, 3.05) is 7.11 Å². The summed E-state index contributed by atoms with van der Waals surface area (Å²) < 4.78 is 5.19. The summed E-state index contributed by atoms with van der Waals surface area (Å²) in [5, 5.41) is 45.5. The lowest BCUT2D eigenvalue weighted by atomic mass is 9.32. The Labute approximate surface area is 227 Å². The third-order valence-electron chi connectivity index (χ3n) is 13.7. The largest absolute Gasteiger partial charge is 0.481 e. The Morgan fingerprint density at radius 3 is 2.26 bits per heavy atom. The molecule has 5 aliphatic rings. The van der Waals surface area contributed by atoms with E-state index in [-0.39, 0.29) is 17.3 Å². The Kier molecular flexibility index (Phi) is 6.13. The maximum absolute atomic E-state index is 13.1. The molecule has 12 atom stereocenters. The summed E-state index contributed by atoms with van der Waals surface area (Å²) in [6, 6.07) is 0. The summed E-state index contributed by atoms with van der Waals surface area (Å²) in [5.41, 5.74) is -3.49. The van der Waals surface area contributed by atoms with Crippen molar-refractivity contribution in [3.8, 4) is 0 Å². The first kappa shape index (κ1) is 28.1. The van der Waals surface area contributed by atoms with Crippen molar-refractivity contribution in [3.05, 3.63) is 11.6 Å². The van der Waals surface area contributed by atoms with Crippen molar-refractivity contribution < 1.29 is 34.8 Å².